The van der Waals surface area contributed by atoms with Crippen molar-refractivity contribution in [3.8, 4) is 5.75 Å². The van der Waals surface area contributed by atoms with E-state index in [1.165, 1.54) is 10.5 Å². The van der Waals surface area contributed by atoms with Gasteiger partial charge in [-0.1, -0.05) is 29.4 Å². The van der Waals surface area contributed by atoms with Gasteiger partial charge in [-0.2, -0.15) is 0 Å². The van der Waals surface area contributed by atoms with Gasteiger partial charge in [0.1, 0.15) is 18.1 Å². The number of hydrogen-bond acceptors (Lipinski definition) is 5. The number of aromatic nitrogens is 1. The minimum atomic E-state index is -0.0884. The van der Waals surface area contributed by atoms with Crippen molar-refractivity contribution in [2.45, 2.75) is 37.8 Å². The van der Waals surface area contributed by atoms with Crippen molar-refractivity contribution in [2.24, 2.45) is 0 Å². The van der Waals surface area contributed by atoms with E-state index >= 15 is 0 Å². The van der Waals surface area contributed by atoms with Crippen LogP contribution in [0.25, 0.3) is 0 Å². The van der Waals surface area contributed by atoms with Crippen molar-refractivity contribution in [2.75, 3.05) is 5.75 Å². The van der Waals surface area contributed by atoms with Gasteiger partial charge in [0.05, 0.1) is 17.3 Å². The number of rotatable bonds is 5. The SMILES string of the molecule is Cc1noc(C)c1COc1cccc(C(=O)N[C@@H]2CCSc3ccccc32)c1. The Bertz CT molecular complexity index is 979. The van der Waals surface area contributed by atoms with Crippen LogP contribution in [0.5, 0.6) is 5.75 Å². The second kappa shape index (κ2) is 8.10. The van der Waals surface area contributed by atoms with Crippen molar-refractivity contribution in [1.29, 1.82) is 0 Å². The highest BCUT2D eigenvalue weighted by Crippen LogP contribution is 2.36. The van der Waals surface area contributed by atoms with Crippen molar-refractivity contribution in [3.05, 3.63) is 76.7 Å². The molecule has 3 aromatic rings. The molecule has 0 radical (unpaired) electrons. The first kappa shape index (κ1) is 18.6. The van der Waals surface area contributed by atoms with E-state index in [1.54, 1.807) is 6.07 Å². The number of nitrogens with zero attached hydrogens (tertiary/aromatic N) is 1. The number of thioether (sulfide) groups is 1. The maximum atomic E-state index is 12.8. The molecule has 0 aliphatic carbocycles. The lowest BCUT2D eigenvalue weighted by molar-refractivity contribution is 0.0934. The molecule has 2 heterocycles. The summed E-state index contributed by atoms with van der Waals surface area (Å²) in [5, 5.41) is 7.11. The monoisotopic (exact) mass is 394 g/mol. The lowest BCUT2D eigenvalue weighted by Crippen LogP contribution is -2.30. The summed E-state index contributed by atoms with van der Waals surface area (Å²) in [7, 11) is 0. The molecule has 1 aliphatic heterocycles. The zero-order valence-electron chi connectivity index (χ0n) is 15.9. The highest BCUT2D eigenvalue weighted by molar-refractivity contribution is 7.99. The topological polar surface area (TPSA) is 64.4 Å². The van der Waals surface area contributed by atoms with Gasteiger partial charge in [-0.25, -0.2) is 0 Å². The van der Waals surface area contributed by atoms with Crippen LogP contribution in [0.2, 0.25) is 0 Å². The first-order valence-electron chi connectivity index (χ1n) is 9.29. The molecule has 0 spiro atoms. The van der Waals surface area contributed by atoms with Crippen molar-refractivity contribution in [1.82, 2.24) is 10.5 Å². The summed E-state index contributed by atoms with van der Waals surface area (Å²) in [5.74, 6) is 2.31. The molecule has 0 unspecified atom stereocenters. The third-order valence-corrected chi connectivity index (χ3v) is 6.05. The Morgan fingerprint density at radius 2 is 2.11 bits per heavy atom. The quantitative estimate of drug-likeness (QED) is 0.671. The van der Waals surface area contributed by atoms with Crippen molar-refractivity contribution < 1.29 is 14.1 Å². The summed E-state index contributed by atoms with van der Waals surface area (Å²) in [6.07, 6.45) is 0.926. The van der Waals surface area contributed by atoms with E-state index in [4.69, 9.17) is 9.26 Å². The summed E-state index contributed by atoms with van der Waals surface area (Å²) in [6, 6.07) is 15.6. The fourth-order valence-corrected chi connectivity index (χ4v) is 4.45. The van der Waals surface area contributed by atoms with Crippen LogP contribution in [0.3, 0.4) is 0 Å². The molecule has 1 N–H and O–H groups in total. The van der Waals surface area contributed by atoms with Crippen molar-refractivity contribution >= 4 is 17.7 Å². The van der Waals surface area contributed by atoms with Gasteiger partial charge < -0.3 is 14.6 Å². The van der Waals surface area contributed by atoms with Gasteiger partial charge in [0.2, 0.25) is 0 Å². The Morgan fingerprint density at radius 3 is 2.93 bits per heavy atom. The number of amides is 1. The van der Waals surface area contributed by atoms with E-state index in [9.17, 15) is 4.79 Å². The van der Waals surface area contributed by atoms with E-state index in [1.807, 2.05) is 55.9 Å². The van der Waals surface area contributed by atoms with Gasteiger partial charge in [0, 0.05) is 16.2 Å². The summed E-state index contributed by atoms with van der Waals surface area (Å²) in [4.78, 5) is 14.1. The van der Waals surface area contributed by atoms with Gasteiger partial charge in [-0.05, 0) is 50.1 Å². The third kappa shape index (κ3) is 3.92. The predicted molar refractivity (Wildman–Crippen MR) is 109 cm³/mol. The Kier molecular flexibility index (Phi) is 5.39. The minimum Gasteiger partial charge on any atom is -0.489 e. The fraction of sp³-hybridized carbons (Fsp3) is 0.273. The molecule has 1 aliphatic rings. The molecule has 28 heavy (non-hydrogen) atoms. The Morgan fingerprint density at radius 1 is 1.25 bits per heavy atom. The number of carbonyl (C=O) groups excluding carboxylic acids is 1. The molecule has 2 aromatic carbocycles. The molecule has 6 heteroatoms. The molecular formula is C22H22N2O3S. The van der Waals surface area contributed by atoms with Crippen LogP contribution in [-0.4, -0.2) is 16.8 Å². The van der Waals surface area contributed by atoms with Gasteiger partial charge in [0.15, 0.2) is 0 Å². The molecule has 1 atom stereocenters. The summed E-state index contributed by atoms with van der Waals surface area (Å²) >= 11 is 1.84. The molecule has 0 saturated heterocycles. The number of benzene rings is 2. The first-order chi connectivity index (χ1) is 13.6. The number of aryl methyl sites for hydroxylation is 2. The van der Waals surface area contributed by atoms with Crippen LogP contribution in [0.1, 0.15) is 45.4 Å². The van der Waals surface area contributed by atoms with E-state index < -0.39 is 0 Å². The van der Waals surface area contributed by atoms with Crippen LogP contribution in [0.15, 0.2) is 57.9 Å². The Balaban J connectivity index is 1.45. The number of ether oxygens (including phenoxy) is 1. The second-order valence-electron chi connectivity index (χ2n) is 6.82. The van der Waals surface area contributed by atoms with Crippen molar-refractivity contribution in [3.63, 3.8) is 0 Å². The fourth-order valence-electron chi connectivity index (χ4n) is 3.32. The number of carbonyl (C=O) groups is 1. The molecule has 144 valence electrons. The minimum absolute atomic E-state index is 0.0387. The Hall–Kier alpha value is -2.73. The predicted octanol–water partition coefficient (Wildman–Crippen LogP) is 4.84. The standard InChI is InChI=1S/C22H22N2O3S/c1-14-19(15(2)27-24-14)13-26-17-7-5-6-16(12-17)22(25)23-20-10-11-28-21-9-4-3-8-18(20)21/h3-9,12,20H,10-11,13H2,1-2H3,(H,23,25)/t20-/m1/s1. The maximum absolute atomic E-state index is 12.8. The molecule has 5 nitrogen and oxygen atoms in total. The average molecular weight is 394 g/mol. The summed E-state index contributed by atoms with van der Waals surface area (Å²) < 4.78 is 11.0. The number of hydrogen-bond donors (Lipinski definition) is 1. The molecule has 1 amide bonds. The lowest BCUT2D eigenvalue weighted by Gasteiger charge is -2.26. The highest BCUT2D eigenvalue weighted by Gasteiger charge is 2.22. The molecule has 1 aromatic heterocycles. The molecule has 0 fully saturated rings. The number of fused-ring (bicyclic) bond motifs is 1. The summed E-state index contributed by atoms with van der Waals surface area (Å²) in [6.45, 7) is 4.11. The van der Waals surface area contributed by atoms with Crippen LogP contribution < -0.4 is 10.1 Å². The van der Waals surface area contributed by atoms with Crippen LogP contribution in [0, 0.1) is 13.8 Å². The van der Waals surface area contributed by atoms with Gasteiger partial charge >= 0.3 is 0 Å². The number of nitrogens with one attached hydrogen (secondary N) is 1. The van der Waals surface area contributed by atoms with Crippen LogP contribution in [-0.2, 0) is 6.61 Å². The molecule has 4 rings (SSSR count). The van der Waals surface area contributed by atoms with E-state index in [0.29, 0.717) is 17.9 Å². The van der Waals surface area contributed by atoms with E-state index in [2.05, 4.69) is 22.6 Å². The molecule has 0 bridgehead atoms. The van der Waals surface area contributed by atoms with Crippen LogP contribution >= 0.6 is 11.8 Å². The Labute approximate surface area is 168 Å². The smallest absolute Gasteiger partial charge is 0.251 e. The van der Waals surface area contributed by atoms with Gasteiger partial charge in [-0.15, -0.1) is 11.8 Å². The second-order valence-corrected chi connectivity index (χ2v) is 7.96. The lowest BCUT2D eigenvalue weighted by atomic mass is 10.0. The molecule has 0 saturated carbocycles. The summed E-state index contributed by atoms with van der Waals surface area (Å²) in [5.41, 5.74) is 3.54. The van der Waals surface area contributed by atoms with Gasteiger partial charge in [-0.3, -0.25) is 4.79 Å². The highest BCUT2D eigenvalue weighted by atomic mass is 32.2. The van der Waals surface area contributed by atoms with Crippen LogP contribution in [0.4, 0.5) is 0 Å². The average Bonchev–Trinajstić information content (AvgIpc) is 3.04. The zero-order chi connectivity index (χ0) is 19.5. The normalized spacial score (nSPS) is 15.7. The zero-order valence-corrected chi connectivity index (χ0v) is 16.7. The van der Waals surface area contributed by atoms with Gasteiger partial charge in [0.25, 0.3) is 5.91 Å². The maximum Gasteiger partial charge on any atom is 0.251 e. The largest absolute Gasteiger partial charge is 0.489 e. The molecular weight excluding hydrogens is 372 g/mol. The van der Waals surface area contributed by atoms with E-state index in [0.717, 1.165) is 29.2 Å². The first-order valence-corrected chi connectivity index (χ1v) is 10.3. The third-order valence-electron chi connectivity index (χ3n) is 4.92. The van der Waals surface area contributed by atoms with E-state index in [-0.39, 0.29) is 11.9 Å².